The molecule has 3 atom stereocenters. The molecule has 15 nitrogen and oxygen atoms in total. The lowest BCUT2D eigenvalue weighted by Gasteiger charge is -2.29. The number of nitro groups is 1. The lowest BCUT2D eigenvalue weighted by molar-refractivity contribution is -0.384. The number of nitro benzene ring substituents is 1. The maximum atomic E-state index is 15.0. The van der Waals surface area contributed by atoms with Crippen LogP contribution in [0.25, 0.3) is 0 Å². The van der Waals surface area contributed by atoms with Crippen molar-refractivity contribution in [3.63, 3.8) is 0 Å². The summed E-state index contributed by atoms with van der Waals surface area (Å²) in [6.45, 7) is 2.25. The summed E-state index contributed by atoms with van der Waals surface area (Å²) in [5.41, 5.74) is 0.603. The summed E-state index contributed by atoms with van der Waals surface area (Å²) in [7, 11) is 0. The predicted molar refractivity (Wildman–Crippen MR) is 166 cm³/mol. The van der Waals surface area contributed by atoms with Gasteiger partial charge in [-0.2, -0.15) is 0 Å². The van der Waals surface area contributed by atoms with Crippen molar-refractivity contribution < 1.29 is 47.8 Å². The summed E-state index contributed by atoms with van der Waals surface area (Å²) in [6, 6.07) is 8.16. The lowest BCUT2D eigenvalue weighted by atomic mass is 9.99. The van der Waals surface area contributed by atoms with Gasteiger partial charge in [-0.25, -0.2) is 18.9 Å². The van der Waals surface area contributed by atoms with E-state index in [1.165, 1.54) is 35.2 Å². The topological polar surface area (TPSA) is 181 Å². The van der Waals surface area contributed by atoms with Crippen LogP contribution < -0.4 is 15.1 Å². The zero-order chi connectivity index (χ0) is 34.2. The van der Waals surface area contributed by atoms with E-state index in [-0.39, 0.29) is 36.4 Å². The molecule has 0 radical (unpaired) electrons. The number of nitrogens with one attached hydrogen (secondary N) is 1. The van der Waals surface area contributed by atoms with Crippen LogP contribution in [0.4, 0.5) is 31.0 Å². The third kappa shape index (κ3) is 9.18. The number of morpholine rings is 1. The highest BCUT2D eigenvalue weighted by molar-refractivity contribution is 6.53. The molecule has 2 heterocycles. The Labute approximate surface area is 278 Å². The second-order valence-electron chi connectivity index (χ2n) is 10.6. The fraction of sp³-hybridized carbons (Fsp3) is 0.448. The van der Waals surface area contributed by atoms with E-state index in [4.69, 9.17) is 37.4 Å². The van der Waals surface area contributed by atoms with Crippen LogP contribution in [0, 0.1) is 15.9 Å². The minimum Gasteiger partial charge on any atom is -0.449 e. The molecule has 4 rings (SSSR count). The zero-order valence-corrected chi connectivity index (χ0v) is 26.6. The Hall–Kier alpha value is -4.25. The number of anilines is 2. The van der Waals surface area contributed by atoms with Gasteiger partial charge in [0.1, 0.15) is 11.9 Å². The summed E-state index contributed by atoms with van der Waals surface area (Å²) in [5.74, 6) is -2.09. The van der Waals surface area contributed by atoms with Crippen LogP contribution in [-0.2, 0) is 23.8 Å². The number of carbonyl (C=O) groups excluding carboxylic acids is 4. The van der Waals surface area contributed by atoms with E-state index in [0.29, 0.717) is 32.0 Å². The molecule has 2 saturated heterocycles. The minimum atomic E-state index is -1.48. The van der Waals surface area contributed by atoms with E-state index in [0.717, 1.165) is 11.8 Å². The van der Waals surface area contributed by atoms with E-state index >= 15 is 0 Å². The predicted octanol–water partition coefficient (Wildman–Crippen LogP) is 3.29. The van der Waals surface area contributed by atoms with Gasteiger partial charge < -0.3 is 29.5 Å². The summed E-state index contributed by atoms with van der Waals surface area (Å²) in [5, 5.41) is 24.3. The number of non-ortho nitro benzene ring substituents is 1. The van der Waals surface area contributed by atoms with Crippen molar-refractivity contribution in [2.45, 2.75) is 36.4 Å². The third-order valence-corrected chi connectivity index (χ3v) is 7.86. The number of carbonyl (C=O) groups is 4. The Morgan fingerprint density at radius 3 is 2.47 bits per heavy atom. The second kappa shape index (κ2) is 16.0. The molecular formula is C29H32Cl2FN5O10. The maximum Gasteiger partial charge on any atom is 0.416 e. The summed E-state index contributed by atoms with van der Waals surface area (Å²) >= 11 is 11.3. The van der Waals surface area contributed by atoms with Crippen LogP contribution in [0.15, 0.2) is 42.5 Å². The Bertz CT molecular complexity index is 1480. The molecule has 4 amide bonds. The standard InChI is InChI=1S/C29H32Cl2FN5O10/c1-17(38)35(15-21-16-36(29(42)47-21)20-6-7-24(22(32)14-20)34-9-12-45-13-10-34)28(41)46-11-8-23(33-27(40)26(30)31)25(39)18-2-4-19(5-3-18)37(43)44/h2-7,14,21,23,25-26,39H,8-13,15-16H2,1H3,(H,33,40)/t21-,23+,25+/m0/s1. The van der Waals surface area contributed by atoms with Crippen molar-refractivity contribution in [1.29, 1.82) is 0 Å². The van der Waals surface area contributed by atoms with Crippen molar-refractivity contribution in [1.82, 2.24) is 10.2 Å². The van der Waals surface area contributed by atoms with Crippen LogP contribution in [0.5, 0.6) is 0 Å². The first kappa shape index (κ1) is 35.6. The highest BCUT2D eigenvalue weighted by Crippen LogP contribution is 2.29. The fourth-order valence-electron chi connectivity index (χ4n) is 5.02. The number of halogens is 3. The Kier molecular flexibility index (Phi) is 12.1. The highest BCUT2D eigenvalue weighted by atomic mass is 35.5. The van der Waals surface area contributed by atoms with Crippen LogP contribution in [0.2, 0.25) is 0 Å². The largest absolute Gasteiger partial charge is 0.449 e. The third-order valence-electron chi connectivity index (χ3n) is 7.46. The highest BCUT2D eigenvalue weighted by Gasteiger charge is 2.36. The Morgan fingerprint density at radius 1 is 1.19 bits per heavy atom. The van der Waals surface area contributed by atoms with Crippen molar-refractivity contribution in [3.05, 3.63) is 64.0 Å². The second-order valence-corrected chi connectivity index (χ2v) is 11.7. The quantitative estimate of drug-likeness (QED) is 0.188. The van der Waals surface area contributed by atoms with Crippen molar-refractivity contribution >= 4 is 64.3 Å². The summed E-state index contributed by atoms with van der Waals surface area (Å²) in [4.78, 5) is 62.7. The van der Waals surface area contributed by atoms with E-state index in [1.54, 1.807) is 12.1 Å². The number of rotatable bonds is 12. The van der Waals surface area contributed by atoms with Crippen LogP contribution >= 0.6 is 23.2 Å². The molecule has 18 heteroatoms. The first-order valence-electron chi connectivity index (χ1n) is 14.4. The molecule has 0 saturated carbocycles. The van der Waals surface area contributed by atoms with E-state index in [1.807, 2.05) is 4.90 Å². The number of ether oxygens (including phenoxy) is 3. The van der Waals surface area contributed by atoms with Gasteiger partial charge in [-0.15, -0.1) is 0 Å². The molecule has 0 unspecified atom stereocenters. The van der Waals surface area contributed by atoms with E-state index < -0.39 is 64.4 Å². The van der Waals surface area contributed by atoms with Crippen LogP contribution in [0.1, 0.15) is 25.0 Å². The van der Waals surface area contributed by atoms with Gasteiger partial charge in [0.15, 0.2) is 4.84 Å². The number of nitrogens with zero attached hydrogens (tertiary/aromatic N) is 4. The fourth-order valence-corrected chi connectivity index (χ4v) is 5.14. The Balaban J connectivity index is 1.36. The molecule has 0 bridgehead atoms. The molecule has 254 valence electrons. The number of cyclic esters (lactones) is 1. The van der Waals surface area contributed by atoms with Crippen LogP contribution in [0.3, 0.4) is 0 Å². The van der Waals surface area contributed by atoms with Gasteiger partial charge in [-0.1, -0.05) is 23.2 Å². The number of amides is 4. The molecule has 0 aromatic heterocycles. The van der Waals surface area contributed by atoms with Gasteiger partial charge in [-0.05, 0) is 35.9 Å². The van der Waals surface area contributed by atoms with Gasteiger partial charge in [-0.3, -0.25) is 24.6 Å². The molecule has 0 aliphatic carbocycles. The lowest BCUT2D eigenvalue weighted by Crippen LogP contribution is -2.44. The number of hydrogen-bond acceptors (Lipinski definition) is 11. The van der Waals surface area contributed by atoms with Gasteiger partial charge >= 0.3 is 12.2 Å². The van der Waals surface area contributed by atoms with Crippen LogP contribution in [-0.4, -0.2) is 102 Å². The molecule has 2 aromatic carbocycles. The summed E-state index contributed by atoms with van der Waals surface area (Å²) in [6.07, 6.45) is -4.43. The van der Waals surface area contributed by atoms with Crippen molar-refractivity contribution in [2.75, 3.05) is 55.8 Å². The maximum absolute atomic E-state index is 15.0. The molecule has 2 aliphatic heterocycles. The van der Waals surface area contributed by atoms with Crippen molar-refractivity contribution in [3.8, 4) is 0 Å². The number of imide groups is 1. The van der Waals surface area contributed by atoms with Gasteiger partial charge in [0.05, 0.1) is 61.4 Å². The molecule has 0 spiro atoms. The van der Waals surface area contributed by atoms with Gasteiger partial charge in [0.25, 0.3) is 11.6 Å². The monoisotopic (exact) mass is 699 g/mol. The number of alkyl halides is 2. The number of benzene rings is 2. The Morgan fingerprint density at radius 2 is 1.87 bits per heavy atom. The average Bonchev–Trinajstić information content (AvgIpc) is 3.42. The van der Waals surface area contributed by atoms with Gasteiger partial charge in [0, 0.05) is 38.6 Å². The molecule has 2 N–H and O–H groups in total. The van der Waals surface area contributed by atoms with E-state index in [9.17, 15) is 38.8 Å². The summed E-state index contributed by atoms with van der Waals surface area (Å²) < 4.78 is 30.8. The number of aliphatic hydroxyl groups is 1. The smallest absolute Gasteiger partial charge is 0.416 e. The molecule has 47 heavy (non-hydrogen) atoms. The van der Waals surface area contributed by atoms with E-state index in [2.05, 4.69) is 5.32 Å². The van der Waals surface area contributed by atoms with Gasteiger partial charge in [0.2, 0.25) is 5.91 Å². The van der Waals surface area contributed by atoms with Crippen molar-refractivity contribution in [2.24, 2.45) is 0 Å². The zero-order valence-electron chi connectivity index (χ0n) is 25.1. The minimum absolute atomic E-state index is 0.0835. The first-order valence-corrected chi connectivity index (χ1v) is 15.3. The normalized spacial score (nSPS) is 17.6. The molecular weight excluding hydrogens is 668 g/mol. The SMILES string of the molecule is CC(=O)N(C[C@H]1CN(c2ccc(N3CCOCC3)c(F)c2)C(=O)O1)C(=O)OCC[C@@H](NC(=O)C(Cl)Cl)[C@H](O)c1ccc([N+](=O)[O-])cc1. The number of aliphatic hydroxyl groups excluding tert-OH is 1. The molecule has 2 aliphatic rings. The number of hydrogen-bond donors (Lipinski definition) is 2. The molecule has 2 aromatic rings. The first-order chi connectivity index (χ1) is 22.3. The average molecular weight is 701 g/mol. The molecule has 2 fully saturated rings.